The predicted octanol–water partition coefficient (Wildman–Crippen LogP) is 5.21. The minimum Gasteiger partial charge on any atom is -0.491 e. The molecule has 4 rings (SSSR count). The number of nitrogens with two attached hydrogens (primary N) is 2. The van der Waals surface area contributed by atoms with Crippen LogP contribution >= 0.6 is 34.8 Å². The van der Waals surface area contributed by atoms with E-state index in [2.05, 4.69) is 9.98 Å². The molecule has 36 heavy (non-hydrogen) atoms. The van der Waals surface area contributed by atoms with Crippen LogP contribution in [0.3, 0.4) is 0 Å². The first-order valence-corrected chi connectivity index (χ1v) is 12.4. The van der Waals surface area contributed by atoms with Crippen LogP contribution in [0.1, 0.15) is 26.7 Å². The van der Waals surface area contributed by atoms with Gasteiger partial charge in [-0.15, -0.1) is 0 Å². The zero-order valence-corrected chi connectivity index (χ0v) is 22.1. The monoisotopic (exact) mass is 560 g/mol. The topological polar surface area (TPSA) is 114 Å². The van der Waals surface area contributed by atoms with Gasteiger partial charge in [-0.1, -0.05) is 34.8 Å². The first-order chi connectivity index (χ1) is 17.1. The van der Waals surface area contributed by atoms with Crippen molar-refractivity contribution in [3.05, 3.63) is 57.3 Å². The van der Waals surface area contributed by atoms with Crippen LogP contribution < -0.4 is 20.9 Å². The number of hydrogen-bond acceptors (Lipinski definition) is 8. The quantitative estimate of drug-likeness (QED) is 0.457. The second kappa shape index (κ2) is 13.1. The summed E-state index contributed by atoms with van der Waals surface area (Å²) in [6.07, 6.45) is 1.32. The standard InChI is InChI=1S/C12H14Cl2N2O2.C12H14ClFN2O2/c1-7(4-8-6-17-12(15)16-8)18-9-2-3-10(13)11(14)5-9;1-7(4-8-6-17-12(15)16-8)18-9-2-3-11(14)10(13)5-9/h2*2-3,5,7-8H,4,6H2,1H3,(H2,15,16)/t2*7-,8+/m11/s1. The van der Waals surface area contributed by atoms with Crippen LogP contribution in [0, 0.1) is 5.82 Å². The van der Waals surface area contributed by atoms with E-state index < -0.39 is 5.82 Å². The van der Waals surface area contributed by atoms with Crippen molar-refractivity contribution >= 4 is 46.8 Å². The molecule has 2 heterocycles. The largest absolute Gasteiger partial charge is 0.491 e. The Bertz CT molecular complexity index is 1020. The minimum atomic E-state index is -0.460. The summed E-state index contributed by atoms with van der Waals surface area (Å²) in [5, 5.41) is 1.04. The molecule has 0 fully saturated rings. The van der Waals surface area contributed by atoms with Crippen molar-refractivity contribution in [1.82, 2.24) is 0 Å². The van der Waals surface area contributed by atoms with Gasteiger partial charge in [0.2, 0.25) is 0 Å². The first-order valence-electron chi connectivity index (χ1n) is 11.2. The number of nitrogens with zero attached hydrogens (tertiary/aromatic N) is 2. The molecule has 8 nitrogen and oxygen atoms in total. The summed E-state index contributed by atoms with van der Waals surface area (Å²) in [4.78, 5) is 8.25. The van der Waals surface area contributed by atoms with E-state index >= 15 is 0 Å². The van der Waals surface area contributed by atoms with Crippen molar-refractivity contribution in [2.45, 2.75) is 51.0 Å². The number of amidine groups is 2. The molecule has 196 valence electrons. The van der Waals surface area contributed by atoms with Gasteiger partial charge in [0.25, 0.3) is 12.0 Å². The van der Waals surface area contributed by atoms with E-state index in [4.69, 9.17) is 65.2 Å². The molecule has 4 atom stereocenters. The highest BCUT2D eigenvalue weighted by Gasteiger charge is 2.21. The van der Waals surface area contributed by atoms with Gasteiger partial charge in [0.1, 0.15) is 30.5 Å². The summed E-state index contributed by atoms with van der Waals surface area (Å²) in [7, 11) is 0. The Balaban J connectivity index is 0.000000201. The number of ether oxygens (including phenoxy) is 4. The van der Waals surface area contributed by atoms with E-state index in [1.165, 1.54) is 12.1 Å². The van der Waals surface area contributed by atoms with Gasteiger partial charge in [0, 0.05) is 25.0 Å². The van der Waals surface area contributed by atoms with Crippen LogP contribution in [0.2, 0.25) is 15.1 Å². The Morgan fingerprint density at radius 2 is 1.31 bits per heavy atom. The lowest BCUT2D eigenvalue weighted by molar-refractivity contribution is 0.189. The fourth-order valence-electron chi connectivity index (χ4n) is 3.54. The summed E-state index contributed by atoms with van der Waals surface area (Å²) >= 11 is 17.4. The summed E-state index contributed by atoms with van der Waals surface area (Å²) in [5.74, 6) is 0.760. The van der Waals surface area contributed by atoms with E-state index in [-0.39, 0.29) is 41.4 Å². The third kappa shape index (κ3) is 8.80. The first kappa shape index (κ1) is 28.0. The van der Waals surface area contributed by atoms with Crippen LogP contribution in [0.4, 0.5) is 4.39 Å². The summed E-state index contributed by atoms with van der Waals surface area (Å²) < 4.78 is 34.5. The van der Waals surface area contributed by atoms with Gasteiger partial charge in [-0.3, -0.25) is 0 Å². The van der Waals surface area contributed by atoms with Gasteiger partial charge in [0.15, 0.2) is 0 Å². The van der Waals surface area contributed by atoms with Crippen molar-refractivity contribution in [2.75, 3.05) is 13.2 Å². The molecule has 0 aromatic heterocycles. The maximum Gasteiger partial charge on any atom is 0.282 e. The highest BCUT2D eigenvalue weighted by atomic mass is 35.5. The third-order valence-electron chi connectivity index (χ3n) is 5.13. The molecule has 0 amide bonds. The molecule has 0 saturated carbocycles. The zero-order chi connectivity index (χ0) is 26.2. The van der Waals surface area contributed by atoms with E-state index in [1.54, 1.807) is 24.3 Å². The fourth-order valence-corrected chi connectivity index (χ4v) is 4.00. The maximum absolute atomic E-state index is 13.0. The normalized spacial score (nSPS) is 20.2. The molecule has 0 spiro atoms. The molecule has 2 aliphatic rings. The Morgan fingerprint density at radius 1 is 0.833 bits per heavy atom. The molecule has 2 aliphatic heterocycles. The number of rotatable bonds is 8. The Hall–Kier alpha value is -2.62. The average Bonchev–Trinajstić information content (AvgIpc) is 3.41. The second-order valence-electron chi connectivity index (χ2n) is 8.34. The molecular formula is C24H28Cl3FN4O4. The van der Waals surface area contributed by atoms with E-state index in [1.807, 2.05) is 13.8 Å². The molecule has 0 unspecified atom stereocenters. The highest BCUT2D eigenvalue weighted by molar-refractivity contribution is 6.42. The summed E-state index contributed by atoms with van der Waals surface area (Å²) in [6.45, 7) is 4.86. The zero-order valence-electron chi connectivity index (χ0n) is 19.8. The molecule has 0 saturated heterocycles. The van der Waals surface area contributed by atoms with Crippen LogP contribution in [0.25, 0.3) is 0 Å². The van der Waals surface area contributed by atoms with Crippen molar-refractivity contribution < 1.29 is 23.3 Å². The van der Waals surface area contributed by atoms with E-state index in [9.17, 15) is 4.39 Å². The SMILES string of the molecule is C[C@H](C[C@H]1COC(N)=N1)Oc1ccc(Cl)c(Cl)c1.C[C@H](C[C@H]1COC(N)=N1)Oc1ccc(F)c(Cl)c1. The molecule has 0 radical (unpaired) electrons. The highest BCUT2D eigenvalue weighted by Crippen LogP contribution is 2.27. The van der Waals surface area contributed by atoms with Crippen molar-refractivity contribution in [2.24, 2.45) is 21.5 Å². The van der Waals surface area contributed by atoms with Gasteiger partial charge >= 0.3 is 0 Å². The molecular weight excluding hydrogens is 534 g/mol. The number of benzene rings is 2. The van der Waals surface area contributed by atoms with Crippen LogP contribution in [0.5, 0.6) is 11.5 Å². The van der Waals surface area contributed by atoms with Crippen molar-refractivity contribution in [3.8, 4) is 11.5 Å². The van der Waals surface area contributed by atoms with Crippen molar-refractivity contribution in [1.29, 1.82) is 0 Å². The Kier molecular flexibility index (Phi) is 10.2. The van der Waals surface area contributed by atoms with Crippen LogP contribution in [-0.4, -0.2) is 49.5 Å². The van der Waals surface area contributed by atoms with Crippen LogP contribution in [-0.2, 0) is 9.47 Å². The van der Waals surface area contributed by atoms with Gasteiger partial charge in [0.05, 0.1) is 39.4 Å². The molecule has 4 N–H and O–H groups in total. The van der Waals surface area contributed by atoms with Gasteiger partial charge in [-0.05, 0) is 38.1 Å². The molecule has 0 aliphatic carbocycles. The lowest BCUT2D eigenvalue weighted by atomic mass is 10.1. The van der Waals surface area contributed by atoms with Gasteiger partial charge in [-0.25, -0.2) is 14.4 Å². The molecule has 2 aromatic rings. The number of hydrogen-bond donors (Lipinski definition) is 2. The summed E-state index contributed by atoms with van der Waals surface area (Å²) in [5.41, 5.74) is 10.9. The molecule has 2 aromatic carbocycles. The lowest BCUT2D eigenvalue weighted by Crippen LogP contribution is -2.20. The van der Waals surface area contributed by atoms with Crippen LogP contribution in [0.15, 0.2) is 46.4 Å². The second-order valence-corrected chi connectivity index (χ2v) is 9.57. The predicted molar refractivity (Wildman–Crippen MR) is 140 cm³/mol. The molecule has 0 bridgehead atoms. The van der Waals surface area contributed by atoms with Crippen molar-refractivity contribution in [3.63, 3.8) is 0 Å². The average molecular weight is 562 g/mol. The summed E-state index contributed by atoms with van der Waals surface area (Å²) in [6, 6.07) is 10.0. The lowest BCUT2D eigenvalue weighted by Gasteiger charge is -2.16. The van der Waals surface area contributed by atoms with E-state index in [0.29, 0.717) is 41.2 Å². The Morgan fingerprint density at radius 3 is 1.72 bits per heavy atom. The number of halogens is 4. The fraction of sp³-hybridized carbons (Fsp3) is 0.417. The minimum absolute atomic E-state index is 0.00880. The third-order valence-corrected chi connectivity index (χ3v) is 6.16. The van der Waals surface area contributed by atoms with E-state index in [0.717, 1.165) is 6.42 Å². The maximum atomic E-state index is 13.0. The smallest absolute Gasteiger partial charge is 0.282 e. The van der Waals surface area contributed by atoms with Gasteiger partial charge in [-0.2, -0.15) is 0 Å². The number of aliphatic imine (C=N–C) groups is 2. The van der Waals surface area contributed by atoms with Gasteiger partial charge < -0.3 is 30.4 Å². The Labute approximate surface area is 224 Å². The molecule has 12 heteroatoms.